The summed E-state index contributed by atoms with van der Waals surface area (Å²) in [6, 6.07) is 6.71. The number of nitrogen functional groups attached to an aromatic ring is 1. The number of nitrogens with two attached hydrogens (primary N) is 1. The zero-order chi connectivity index (χ0) is 14.9. The topological polar surface area (TPSA) is 38.0 Å². The lowest BCUT2D eigenvalue weighted by Crippen LogP contribution is -2.05. The number of nitrogens with one attached hydrogen (secondary N) is 1. The lowest BCUT2D eigenvalue weighted by atomic mass is 10.2. The molecule has 3 N–H and O–H groups in total. The maximum Gasteiger partial charge on any atom is 0.416 e. The Kier molecular flexibility index (Phi) is 3.76. The van der Waals surface area contributed by atoms with E-state index in [1.165, 1.54) is 12.1 Å². The van der Waals surface area contributed by atoms with Gasteiger partial charge in [0.25, 0.3) is 0 Å². The van der Waals surface area contributed by atoms with Crippen LogP contribution in [0.15, 0.2) is 36.4 Å². The highest BCUT2D eigenvalue weighted by atomic mass is 35.5. The fourth-order valence-electron chi connectivity index (χ4n) is 1.57. The van der Waals surface area contributed by atoms with Crippen LogP contribution in [0.4, 0.5) is 34.6 Å². The van der Waals surface area contributed by atoms with E-state index in [1.54, 1.807) is 0 Å². The first-order valence-electron chi connectivity index (χ1n) is 5.46. The van der Waals surface area contributed by atoms with Crippen LogP contribution in [0.25, 0.3) is 0 Å². The second-order valence-electron chi connectivity index (χ2n) is 4.06. The van der Waals surface area contributed by atoms with Crippen LogP contribution >= 0.6 is 11.6 Å². The number of halogens is 5. The Morgan fingerprint density at radius 2 is 1.65 bits per heavy atom. The summed E-state index contributed by atoms with van der Waals surface area (Å²) in [7, 11) is 0. The molecule has 2 nitrogen and oxygen atoms in total. The lowest BCUT2D eigenvalue weighted by Gasteiger charge is -2.12. The van der Waals surface area contributed by atoms with E-state index in [0.29, 0.717) is 0 Å². The van der Waals surface area contributed by atoms with Gasteiger partial charge in [0.2, 0.25) is 0 Å². The molecule has 0 unspecified atom stereocenters. The van der Waals surface area contributed by atoms with Crippen molar-refractivity contribution in [1.82, 2.24) is 0 Å². The monoisotopic (exact) mass is 304 g/mol. The van der Waals surface area contributed by atoms with Gasteiger partial charge in [-0.15, -0.1) is 0 Å². The van der Waals surface area contributed by atoms with E-state index in [4.69, 9.17) is 17.3 Å². The summed E-state index contributed by atoms with van der Waals surface area (Å²) in [5.74, 6) is -0.624. The Hall–Kier alpha value is -1.95. The first kappa shape index (κ1) is 14.5. The van der Waals surface area contributed by atoms with Gasteiger partial charge < -0.3 is 11.1 Å². The summed E-state index contributed by atoms with van der Waals surface area (Å²) < 4.78 is 51.0. The Labute approximate surface area is 117 Å². The van der Waals surface area contributed by atoms with Crippen molar-refractivity contribution in [3.63, 3.8) is 0 Å². The van der Waals surface area contributed by atoms with Crippen LogP contribution in [0.2, 0.25) is 5.02 Å². The van der Waals surface area contributed by atoms with E-state index in [1.807, 2.05) is 0 Å². The van der Waals surface area contributed by atoms with Gasteiger partial charge in [-0.25, -0.2) is 4.39 Å². The van der Waals surface area contributed by atoms with Gasteiger partial charge >= 0.3 is 6.18 Å². The molecule has 7 heteroatoms. The number of hydrogen-bond acceptors (Lipinski definition) is 2. The fraction of sp³-hybridized carbons (Fsp3) is 0.0769. The van der Waals surface area contributed by atoms with Crippen LogP contribution in [0, 0.1) is 5.82 Å². The molecule has 0 aliphatic carbocycles. The van der Waals surface area contributed by atoms with Crippen LogP contribution in [0.5, 0.6) is 0 Å². The minimum absolute atomic E-state index is 0.0702. The van der Waals surface area contributed by atoms with Gasteiger partial charge in [0, 0.05) is 5.69 Å². The molecule has 0 aliphatic rings. The van der Waals surface area contributed by atoms with Crippen LogP contribution in [0.3, 0.4) is 0 Å². The van der Waals surface area contributed by atoms with Crippen LogP contribution < -0.4 is 11.1 Å². The number of anilines is 3. The molecule has 0 fully saturated rings. The predicted octanol–water partition coefficient (Wildman–Crippen LogP) is 4.82. The van der Waals surface area contributed by atoms with E-state index in [0.717, 1.165) is 24.3 Å². The first-order chi connectivity index (χ1) is 9.27. The summed E-state index contributed by atoms with van der Waals surface area (Å²) in [6.07, 6.45) is -4.48. The standard InChI is InChI=1S/C13H9ClF4N2/c14-9-5-7(13(16,17)18)1-3-11(9)20-12-4-2-8(19)6-10(12)15/h1-6,20H,19H2. The van der Waals surface area contributed by atoms with Gasteiger partial charge in [-0.2, -0.15) is 13.2 Å². The minimum atomic E-state index is -4.48. The molecule has 0 aromatic heterocycles. The molecule has 0 spiro atoms. The van der Waals surface area contributed by atoms with E-state index in [2.05, 4.69) is 5.32 Å². The third kappa shape index (κ3) is 3.14. The largest absolute Gasteiger partial charge is 0.416 e. The summed E-state index contributed by atoms with van der Waals surface area (Å²) in [5, 5.41) is 2.46. The van der Waals surface area contributed by atoms with Crippen LogP contribution in [-0.4, -0.2) is 0 Å². The molecular formula is C13H9ClF4N2. The SMILES string of the molecule is Nc1ccc(Nc2ccc(C(F)(F)F)cc2Cl)c(F)c1. The molecule has 0 saturated heterocycles. The fourth-order valence-corrected chi connectivity index (χ4v) is 1.80. The highest BCUT2D eigenvalue weighted by Gasteiger charge is 2.30. The molecule has 0 aliphatic heterocycles. The molecule has 0 amide bonds. The van der Waals surface area contributed by atoms with E-state index < -0.39 is 17.6 Å². The Morgan fingerprint density at radius 1 is 1.00 bits per heavy atom. The number of benzene rings is 2. The summed E-state index contributed by atoms with van der Waals surface area (Å²) >= 11 is 5.76. The summed E-state index contributed by atoms with van der Waals surface area (Å²) in [6.45, 7) is 0. The quantitative estimate of drug-likeness (QED) is 0.616. The van der Waals surface area contributed by atoms with Crippen molar-refractivity contribution < 1.29 is 17.6 Å². The first-order valence-corrected chi connectivity index (χ1v) is 5.84. The highest BCUT2D eigenvalue weighted by molar-refractivity contribution is 6.33. The second-order valence-corrected chi connectivity index (χ2v) is 4.46. The molecule has 0 bridgehead atoms. The number of alkyl halides is 3. The molecule has 2 aromatic rings. The maximum atomic E-state index is 13.6. The van der Waals surface area contributed by atoms with Crippen LogP contribution in [0.1, 0.15) is 5.56 Å². The van der Waals surface area contributed by atoms with Crippen molar-refractivity contribution >= 4 is 28.7 Å². The Balaban J connectivity index is 2.30. The van der Waals surface area contributed by atoms with Crippen molar-refractivity contribution in [2.45, 2.75) is 6.18 Å². The predicted molar refractivity (Wildman–Crippen MR) is 70.5 cm³/mol. The summed E-state index contributed by atoms with van der Waals surface area (Å²) in [4.78, 5) is 0. The van der Waals surface area contributed by atoms with Crippen LogP contribution in [-0.2, 0) is 6.18 Å². The third-order valence-corrected chi connectivity index (χ3v) is 2.87. The average molecular weight is 305 g/mol. The van der Waals surface area contributed by atoms with Gasteiger partial charge in [0.05, 0.1) is 22.0 Å². The Bertz CT molecular complexity index is 641. The molecule has 106 valence electrons. The zero-order valence-electron chi connectivity index (χ0n) is 9.93. The summed E-state index contributed by atoms with van der Waals surface area (Å²) in [5.41, 5.74) is 5.01. The number of hydrogen-bond donors (Lipinski definition) is 2. The van der Waals surface area contributed by atoms with Crippen molar-refractivity contribution in [2.24, 2.45) is 0 Å². The van der Waals surface area contributed by atoms with Gasteiger partial charge in [-0.3, -0.25) is 0 Å². The average Bonchev–Trinajstić information content (AvgIpc) is 2.33. The Morgan fingerprint density at radius 3 is 2.20 bits per heavy atom. The van der Waals surface area contributed by atoms with Crippen molar-refractivity contribution in [1.29, 1.82) is 0 Å². The molecule has 2 rings (SSSR count). The van der Waals surface area contributed by atoms with E-state index in [9.17, 15) is 17.6 Å². The molecule has 20 heavy (non-hydrogen) atoms. The lowest BCUT2D eigenvalue weighted by molar-refractivity contribution is -0.137. The van der Waals surface area contributed by atoms with Gasteiger partial charge in [-0.05, 0) is 36.4 Å². The molecular weight excluding hydrogens is 296 g/mol. The smallest absolute Gasteiger partial charge is 0.399 e. The maximum absolute atomic E-state index is 13.6. The zero-order valence-corrected chi connectivity index (χ0v) is 10.7. The van der Waals surface area contributed by atoms with Gasteiger partial charge in [0.15, 0.2) is 0 Å². The minimum Gasteiger partial charge on any atom is -0.399 e. The molecule has 0 atom stereocenters. The molecule has 0 heterocycles. The van der Waals surface area contributed by atoms with E-state index in [-0.39, 0.29) is 22.1 Å². The van der Waals surface area contributed by atoms with Crippen molar-refractivity contribution in [3.8, 4) is 0 Å². The van der Waals surface area contributed by atoms with Gasteiger partial charge in [-0.1, -0.05) is 11.6 Å². The molecule has 2 aromatic carbocycles. The number of rotatable bonds is 2. The molecule has 0 saturated carbocycles. The highest BCUT2D eigenvalue weighted by Crippen LogP contribution is 2.35. The van der Waals surface area contributed by atoms with E-state index >= 15 is 0 Å². The third-order valence-electron chi connectivity index (χ3n) is 2.56. The second kappa shape index (κ2) is 5.20. The van der Waals surface area contributed by atoms with Crippen molar-refractivity contribution in [3.05, 3.63) is 52.8 Å². The molecule has 0 radical (unpaired) electrons. The normalized spacial score (nSPS) is 11.4. The van der Waals surface area contributed by atoms with Crippen molar-refractivity contribution in [2.75, 3.05) is 11.1 Å². The van der Waals surface area contributed by atoms with Gasteiger partial charge in [0.1, 0.15) is 5.82 Å².